The van der Waals surface area contributed by atoms with E-state index in [4.69, 9.17) is 10.5 Å². The third-order valence-electron chi connectivity index (χ3n) is 2.70. The van der Waals surface area contributed by atoms with Crippen LogP contribution in [0, 0.1) is 5.82 Å². The first-order chi connectivity index (χ1) is 8.46. The minimum absolute atomic E-state index is 0.0904. The molecule has 0 amide bonds. The lowest BCUT2D eigenvalue weighted by Crippen LogP contribution is -2.25. The van der Waals surface area contributed by atoms with Gasteiger partial charge in [-0.2, -0.15) is 0 Å². The summed E-state index contributed by atoms with van der Waals surface area (Å²) < 4.78 is 44.2. The summed E-state index contributed by atoms with van der Waals surface area (Å²) in [5.41, 5.74) is 5.53. The van der Waals surface area contributed by atoms with E-state index in [9.17, 15) is 12.8 Å². The zero-order valence-electron chi connectivity index (χ0n) is 9.73. The zero-order chi connectivity index (χ0) is 13.2. The fourth-order valence-electron chi connectivity index (χ4n) is 1.85. The number of nitrogen functional groups attached to an aromatic ring is 1. The number of hydrogen-bond donors (Lipinski definition) is 2. The van der Waals surface area contributed by atoms with Crippen molar-refractivity contribution in [1.29, 1.82) is 0 Å². The molecule has 3 N–H and O–H groups in total. The first-order valence-corrected chi connectivity index (χ1v) is 7.28. The Balaban J connectivity index is 2.04. The van der Waals surface area contributed by atoms with Gasteiger partial charge < -0.3 is 10.5 Å². The molecule has 1 aromatic rings. The largest absolute Gasteiger partial charge is 0.396 e. The van der Waals surface area contributed by atoms with Gasteiger partial charge in [-0.3, -0.25) is 4.72 Å². The molecule has 1 aliphatic heterocycles. The molecule has 1 heterocycles. The molecule has 1 saturated heterocycles. The predicted octanol–water partition coefficient (Wildman–Crippen LogP) is 1.33. The molecule has 7 heteroatoms. The van der Waals surface area contributed by atoms with Crippen LogP contribution in [0.3, 0.4) is 0 Å². The van der Waals surface area contributed by atoms with Gasteiger partial charge in [0.15, 0.2) is 0 Å². The lowest BCUT2D eigenvalue weighted by molar-refractivity contribution is 0.127. The average Bonchev–Trinajstić information content (AvgIpc) is 2.75. The van der Waals surface area contributed by atoms with Crippen LogP contribution in [0.5, 0.6) is 0 Å². The number of sulfonamides is 1. The van der Waals surface area contributed by atoms with Gasteiger partial charge in [0.2, 0.25) is 10.0 Å². The second kappa shape index (κ2) is 5.11. The summed E-state index contributed by atoms with van der Waals surface area (Å²) in [7, 11) is -3.50. The van der Waals surface area contributed by atoms with E-state index in [-0.39, 0.29) is 23.2 Å². The SMILES string of the molecule is Nc1cc(NS(=O)(=O)CC2CCCO2)ccc1F. The first kappa shape index (κ1) is 13.1. The number of ether oxygens (including phenoxy) is 1. The van der Waals surface area contributed by atoms with Gasteiger partial charge in [-0.1, -0.05) is 0 Å². The minimum Gasteiger partial charge on any atom is -0.396 e. The lowest BCUT2D eigenvalue weighted by Gasteiger charge is -2.12. The molecule has 0 radical (unpaired) electrons. The predicted molar refractivity (Wildman–Crippen MR) is 67.2 cm³/mol. The molecule has 1 unspecified atom stereocenters. The molecule has 0 aromatic heterocycles. The minimum atomic E-state index is -3.50. The number of anilines is 2. The van der Waals surface area contributed by atoms with Gasteiger partial charge in [-0.25, -0.2) is 12.8 Å². The number of nitrogens with one attached hydrogen (secondary N) is 1. The van der Waals surface area contributed by atoms with Crippen LogP contribution in [0.1, 0.15) is 12.8 Å². The maximum Gasteiger partial charge on any atom is 0.235 e. The van der Waals surface area contributed by atoms with Gasteiger partial charge in [-0.15, -0.1) is 0 Å². The highest BCUT2D eigenvalue weighted by Crippen LogP contribution is 2.19. The third kappa shape index (κ3) is 3.33. The number of nitrogens with two attached hydrogens (primary N) is 1. The molecule has 0 aliphatic carbocycles. The Morgan fingerprint density at radius 3 is 2.89 bits per heavy atom. The second-order valence-corrected chi connectivity index (χ2v) is 6.02. The van der Waals surface area contributed by atoms with Gasteiger partial charge >= 0.3 is 0 Å². The highest BCUT2D eigenvalue weighted by atomic mass is 32.2. The summed E-state index contributed by atoms with van der Waals surface area (Å²) in [6.45, 7) is 0.601. The number of rotatable bonds is 4. The molecule has 1 aliphatic rings. The van der Waals surface area contributed by atoms with E-state index in [1.54, 1.807) is 0 Å². The Hall–Kier alpha value is -1.34. The van der Waals surface area contributed by atoms with Crippen molar-refractivity contribution in [2.75, 3.05) is 22.8 Å². The van der Waals surface area contributed by atoms with Crippen LogP contribution in [0.15, 0.2) is 18.2 Å². The number of halogens is 1. The van der Waals surface area contributed by atoms with Crippen molar-refractivity contribution < 1.29 is 17.5 Å². The van der Waals surface area contributed by atoms with Crippen LogP contribution in [0.25, 0.3) is 0 Å². The molecule has 5 nitrogen and oxygen atoms in total. The molecule has 0 saturated carbocycles. The molecule has 0 bridgehead atoms. The molecule has 100 valence electrons. The van der Waals surface area contributed by atoms with E-state index in [0.717, 1.165) is 18.9 Å². The molecule has 1 fully saturated rings. The molecule has 1 aromatic carbocycles. The van der Waals surface area contributed by atoms with E-state index < -0.39 is 15.8 Å². The summed E-state index contributed by atoms with van der Waals surface area (Å²) in [5, 5.41) is 0. The van der Waals surface area contributed by atoms with Crippen LogP contribution in [-0.2, 0) is 14.8 Å². The zero-order valence-corrected chi connectivity index (χ0v) is 10.5. The van der Waals surface area contributed by atoms with Crippen LogP contribution < -0.4 is 10.5 Å². The highest BCUT2D eigenvalue weighted by Gasteiger charge is 2.23. The lowest BCUT2D eigenvalue weighted by atomic mass is 10.3. The van der Waals surface area contributed by atoms with E-state index in [1.165, 1.54) is 12.1 Å². The fraction of sp³-hybridized carbons (Fsp3) is 0.455. The average molecular weight is 274 g/mol. The monoisotopic (exact) mass is 274 g/mol. The van der Waals surface area contributed by atoms with Crippen molar-refractivity contribution in [2.24, 2.45) is 0 Å². The summed E-state index contributed by atoms with van der Waals surface area (Å²) in [6, 6.07) is 3.71. The summed E-state index contributed by atoms with van der Waals surface area (Å²) in [5.74, 6) is -0.665. The Bertz CT molecular complexity index is 527. The Morgan fingerprint density at radius 1 is 1.50 bits per heavy atom. The number of hydrogen-bond acceptors (Lipinski definition) is 4. The van der Waals surface area contributed by atoms with Gasteiger partial charge in [0.25, 0.3) is 0 Å². The van der Waals surface area contributed by atoms with Crippen molar-refractivity contribution in [2.45, 2.75) is 18.9 Å². The van der Waals surface area contributed by atoms with Crippen molar-refractivity contribution in [3.63, 3.8) is 0 Å². The molecular formula is C11H15FN2O3S. The van der Waals surface area contributed by atoms with Gasteiger partial charge in [0.1, 0.15) is 5.82 Å². The van der Waals surface area contributed by atoms with E-state index >= 15 is 0 Å². The smallest absolute Gasteiger partial charge is 0.235 e. The maximum absolute atomic E-state index is 12.9. The van der Waals surface area contributed by atoms with Crippen LogP contribution in [-0.4, -0.2) is 26.9 Å². The van der Waals surface area contributed by atoms with Gasteiger partial charge in [-0.05, 0) is 31.0 Å². The third-order valence-corrected chi connectivity index (χ3v) is 4.06. The Morgan fingerprint density at radius 2 is 2.28 bits per heavy atom. The van der Waals surface area contributed by atoms with Crippen molar-refractivity contribution in [3.8, 4) is 0 Å². The van der Waals surface area contributed by atoms with Crippen LogP contribution >= 0.6 is 0 Å². The van der Waals surface area contributed by atoms with Crippen LogP contribution in [0.4, 0.5) is 15.8 Å². The van der Waals surface area contributed by atoms with E-state index in [2.05, 4.69) is 4.72 Å². The molecular weight excluding hydrogens is 259 g/mol. The van der Waals surface area contributed by atoms with E-state index in [1.807, 2.05) is 0 Å². The van der Waals surface area contributed by atoms with Gasteiger partial charge in [0, 0.05) is 6.61 Å². The molecule has 0 spiro atoms. The van der Waals surface area contributed by atoms with Crippen LogP contribution in [0.2, 0.25) is 0 Å². The summed E-state index contributed by atoms with van der Waals surface area (Å²) in [6.07, 6.45) is 1.36. The fourth-order valence-corrected chi connectivity index (χ4v) is 3.17. The molecule has 18 heavy (non-hydrogen) atoms. The topological polar surface area (TPSA) is 81.4 Å². The van der Waals surface area contributed by atoms with Gasteiger partial charge in [0.05, 0.1) is 23.2 Å². The summed E-state index contributed by atoms with van der Waals surface area (Å²) >= 11 is 0. The highest BCUT2D eigenvalue weighted by molar-refractivity contribution is 7.92. The molecule has 2 rings (SSSR count). The maximum atomic E-state index is 12.9. The summed E-state index contributed by atoms with van der Waals surface area (Å²) in [4.78, 5) is 0. The Kier molecular flexibility index (Phi) is 3.72. The first-order valence-electron chi connectivity index (χ1n) is 5.63. The number of benzene rings is 1. The Labute approximate surface area is 105 Å². The van der Waals surface area contributed by atoms with E-state index in [0.29, 0.717) is 6.61 Å². The van der Waals surface area contributed by atoms with Crippen molar-refractivity contribution in [3.05, 3.63) is 24.0 Å². The normalized spacial score (nSPS) is 19.9. The van der Waals surface area contributed by atoms with Crippen molar-refractivity contribution >= 4 is 21.4 Å². The molecule has 1 atom stereocenters. The standard InChI is InChI=1S/C11H15FN2O3S/c12-10-4-3-8(6-11(10)13)14-18(15,16)7-9-2-1-5-17-9/h3-4,6,9,14H,1-2,5,7,13H2. The second-order valence-electron chi connectivity index (χ2n) is 4.25. The quantitative estimate of drug-likeness (QED) is 0.812. The van der Waals surface area contributed by atoms with Crippen molar-refractivity contribution in [1.82, 2.24) is 0 Å².